The summed E-state index contributed by atoms with van der Waals surface area (Å²) in [6.45, 7) is -0.110. The molecule has 0 atom stereocenters. The van der Waals surface area contributed by atoms with Gasteiger partial charge in [-0.1, -0.05) is 11.6 Å². The highest BCUT2D eigenvalue weighted by Crippen LogP contribution is 2.10. The Bertz CT molecular complexity index is 268. The van der Waals surface area contributed by atoms with E-state index < -0.39 is 0 Å². The molecule has 0 aliphatic rings. The number of carbonyl (C=O) groups excluding carboxylic acids is 1. The zero-order valence-electron chi connectivity index (χ0n) is 6.46. The van der Waals surface area contributed by atoms with E-state index in [1.165, 1.54) is 0 Å². The SMILES string of the molecule is [N]CCC(=O)c1ccc(Cl)cc1. The van der Waals surface area contributed by atoms with E-state index in [4.69, 9.17) is 17.3 Å². The highest BCUT2D eigenvalue weighted by atomic mass is 35.5. The zero-order valence-corrected chi connectivity index (χ0v) is 7.21. The first kappa shape index (κ1) is 9.23. The van der Waals surface area contributed by atoms with Gasteiger partial charge in [0.1, 0.15) is 0 Å². The van der Waals surface area contributed by atoms with Gasteiger partial charge in [-0.2, -0.15) is 0 Å². The van der Waals surface area contributed by atoms with Gasteiger partial charge in [0.15, 0.2) is 5.78 Å². The van der Waals surface area contributed by atoms with Gasteiger partial charge in [-0.15, -0.1) is 5.73 Å². The molecule has 0 aliphatic carbocycles. The van der Waals surface area contributed by atoms with Crippen LogP contribution in [0.4, 0.5) is 0 Å². The van der Waals surface area contributed by atoms with Crippen LogP contribution in [0.1, 0.15) is 16.8 Å². The normalized spacial score (nSPS) is 9.83. The molecule has 12 heavy (non-hydrogen) atoms. The number of nitrogens with zero attached hydrogens (tertiary/aromatic N) is 1. The molecule has 1 aromatic carbocycles. The number of carbonyl (C=O) groups is 1. The van der Waals surface area contributed by atoms with Crippen LogP contribution in [0, 0.1) is 0 Å². The molecule has 0 unspecified atom stereocenters. The highest BCUT2D eigenvalue weighted by Gasteiger charge is 2.03. The molecule has 0 bridgehead atoms. The van der Waals surface area contributed by atoms with E-state index in [0.717, 1.165) is 0 Å². The Hall–Kier alpha value is -0.860. The third-order valence-corrected chi connectivity index (χ3v) is 1.76. The number of Topliss-reactive ketones (excluding diaryl/α,β-unsaturated/α-hetero) is 1. The summed E-state index contributed by atoms with van der Waals surface area (Å²) in [4.78, 5) is 11.2. The van der Waals surface area contributed by atoms with E-state index in [9.17, 15) is 4.79 Å². The van der Waals surface area contributed by atoms with Crippen LogP contribution in [0.15, 0.2) is 24.3 Å². The quantitative estimate of drug-likeness (QED) is 0.658. The third kappa shape index (κ3) is 2.32. The first-order valence-electron chi connectivity index (χ1n) is 3.63. The van der Waals surface area contributed by atoms with Crippen molar-refractivity contribution in [3.05, 3.63) is 34.9 Å². The van der Waals surface area contributed by atoms with Gasteiger partial charge < -0.3 is 0 Å². The molecule has 62 valence electrons. The van der Waals surface area contributed by atoms with Crippen molar-refractivity contribution in [3.63, 3.8) is 0 Å². The average molecular weight is 182 g/mol. The first-order chi connectivity index (χ1) is 5.74. The summed E-state index contributed by atoms with van der Waals surface area (Å²) in [5, 5.41) is 0.607. The number of benzene rings is 1. The molecule has 0 aliphatic heterocycles. The Morgan fingerprint density at radius 2 is 1.92 bits per heavy atom. The van der Waals surface area contributed by atoms with E-state index in [-0.39, 0.29) is 18.7 Å². The van der Waals surface area contributed by atoms with E-state index in [2.05, 4.69) is 0 Å². The lowest BCUT2D eigenvalue weighted by Crippen LogP contribution is -2.01. The van der Waals surface area contributed by atoms with E-state index in [1.54, 1.807) is 24.3 Å². The molecule has 0 saturated heterocycles. The largest absolute Gasteiger partial charge is 0.294 e. The molecule has 0 N–H and O–H groups in total. The predicted octanol–water partition coefficient (Wildman–Crippen LogP) is 1.98. The number of rotatable bonds is 3. The Labute approximate surface area is 76.3 Å². The number of hydrogen-bond donors (Lipinski definition) is 0. The van der Waals surface area contributed by atoms with Crippen LogP contribution in [0.3, 0.4) is 0 Å². The van der Waals surface area contributed by atoms with Gasteiger partial charge in [-0.05, 0) is 24.3 Å². The topological polar surface area (TPSA) is 39.4 Å². The summed E-state index contributed by atoms with van der Waals surface area (Å²) in [6, 6.07) is 6.62. The lowest BCUT2D eigenvalue weighted by molar-refractivity contribution is 0.0985. The van der Waals surface area contributed by atoms with Gasteiger partial charge in [-0.3, -0.25) is 4.79 Å². The van der Waals surface area contributed by atoms with Crippen LogP contribution in [0.25, 0.3) is 0 Å². The van der Waals surface area contributed by atoms with Crippen molar-refractivity contribution in [3.8, 4) is 0 Å². The molecule has 2 radical (unpaired) electrons. The number of hydrogen-bond acceptors (Lipinski definition) is 1. The summed E-state index contributed by atoms with van der Waals surface area (Å²) in [5.41, 5.74) is 9.10. The molecule has 0 fully saturated rings. The second-order valence-electron chi connectivity index (χ2n) is 2.40. The maximum Gasteiger partial charge on any atom is 0.164 e. The second-order valence-corrected chi connectivity index (χ2v) is 2.84. The van der Waals surface area contributed by atoms with Crippen LogP contribution < -0.4 is 5.73 Å². The van der Waals surface area contributed by atoms with Crippen LogP contribution in [-0.2, 0) is 0 Å². The number of halogens is 1. The minimum Gasteiger partial charge on any atom is -0.294 e. The fourth-order valence-corrected chi connectivity index (χ4v) is 1.01. The highest BCUT2D eigenvalue weighted by molar-refractivity contribution is 6.30. The Balaban J connectivity index is 2.75. The van der Waals surface area contributed by atoms with Crippen LogP contribution in [0.2, 0.25) is 5.02 Å². The Kier molecular flexibility index (Phi) is 3.26. The monoisotopic (exact) mass is 181 g/mol. The van der Waals surface area contributed by atoms with Gasteiger partial charge >= 0.3 is 0 Å². The Morgan fingerprint density at radius 1 is 1.33 bits per heavy atom. The smallest absolute Gasteiger partial charge is 0.164 e. The van der Waals surface area contributed by atoms with Gasteiger partial charge in [0.2, 0.25) is 0 Å². The lowest BCUT2D eigenvalue weighted by Gasteiger charge is -1.97. The maximum atomic E-state index is 11.2. The van der Waals surface area contributed by atoms with Crippen molar-refractivity contribution in [1.82, 2.24) is 5.73 Å². The summed E-state index contributed by atoms with van der Waals surface area (Å²) < 4.78 is 0. The van der Waals surface area contributed by atoms with Crippen molar-refractivity contribution >= 4 is 17.4 Å². The minimum absolute atomic E-state index is 0.0610. The van der Waals surface area contributed by atoms with Gasteiger partial charge in [-0.25, -0.2) is 0 Å². The van der Waals surface area contributed by atoms with E-state index >= 15 is 0 Å². The first-order valence-corrected chi connectivity index (χ1v) is 4.01. The lowest BCUT2D eigenvalue weighted by atomic mass is 10.1. The third-order valence-electron chi connectivity index (χ3n) is 1.51. The van der Waals surface area contributed by atoms with Gasteiger partial charge in [0.25, 0.3) is 0 Å². The number of ketones is 1. The zero-order chi connectivity index (χ0) is 8.97. The maximum absolute atomic E-state index is 11.2. The standard InChI is InChI=1S/C9H8ClNO/c10-8-3-1-7(2-4-8)9(12)5-6-11/h1-4H,5-6H2. The van der Waals surface area contributed by atoms with Gasteiger partial charge in [0.05, 0.1) is 0 Å². The van der Waals surface area contributed by atoms with Crippen LogP contribution in [0.5, 0.6) is 0 Å². The molecule has 2 nitrogen and oxygen atoms in total. The minimum atomic E-state index is -0.110. The fraction of sp³-hybridized carbons (Fsp3) is 0.222. The molecular weight excluding hydrogens is 174 g/mol. The van der Waals surface area contributed by atoms with Crippen LogP contribution in [-0.4, -0.2) is 12.3 Å². The van der Waals surface area contributed by atoms with Crippen molar-refractivity contribution in [1.29, 1.82) is 0 Å². The molecule has 0 amide bonds. The second kappa shape index (κ2) is 4.24. The van der Waals surface area contributed by atoms with Crippen molar-refractivity contribution < 1.29 is 4.79 Å². The summed E-state index contributed by atoms with van der Waals surface area (Å²) >= 11 is 5.63. The van der Waals surface area contributed by atoms with Crippen molar-refractivity contribution in [2.24, 2.45) is 0 Å². The molecule has 0 spiro atoms. The Morgan fingerprint density at radius 3 is 2.42 bits per heavy atom. The molecule has 0 aromatic heterocycles. The molecule has 1 aromatic rings. The summed E-state index contributed by atoms with van der Waals surface area (Å²) in [5.74, 6) is -0.0610. The van der Waals surface area contributed by atoms with E-state index in [0.29, 0.717) is 10.6 Å². The molecule has 1 rings (SSSR count). The molecular formula is C9H8ClNO. The van der Waals surface area contributed by atoms with Gasteiger partial charge in [0, 0.05) is 23.6 Å². The van der Waals surface area contributed by atoms with Crippen molar-refractivity contribution in [2.75, 3.05) is 6.54 Å². The fourth-order valence-electron chi connectivity index (χ4n) is 0.882. The summed E-state index contributed by atoms with van der Waals surface area (Å²) in [7, 11) is 0. The summed E-state index contributed by atoms with van der Waals surface area (Å²) in [6.07, 6.45) is 0.168. The predicted molar refractivity (Wildman–Crippen MR) is 47.4 cm³/mol. The van der Waals surface area contributed by atoms with E-state index in [1.807, 2.05) is 0 Å². The molecule has 0 saturated carbocycles. The van der Waals surface area contributed by atoms with Crippen LogP contribution >= 0.6 is 11.6 Å². The van der Waals surface area contributed by atoms with Crippen molar-refractivity contribution in [2.45, 2.75) is 6.42 Å². The molecule has 0 heterocycles. The average Bonchev–Trinajstić information content (AvgIpc) is 2.06. The molecule has 3 heteroatoms.